The van der Waals surface area contributed by atoms with E-state index in [1.807, 2.05) is 12.1 Å². The smallest absolute Gasteiger partial charge is 0.141 e. The average Bonchev–Trinajstić information content (AvgIpc) is 3.20. The number of rotatable bonds is 4. The highest BCUT2D eigenvalue weighted by atomic mass is 32.2. The highest BCUT2D eigenvalue weighted by molar-refractivity contribution is 7.98. The first-order chi connectivity index (χ1) is 9.20. The minimum Gasteiger partial charge on any atom is -0.384 e. The van der Waals surface area contributed by atoms with Gasteiger partial charge in [0.15, 0.2) is 0 Å². The third kappa shape index (κ3) is 3.23. The van der Waals surface area contributed by atoms with Gasteiger partial charge in [0.25, 0.3) is 0 Å². The van der Waals surface area contributed by atoms with E-state index in [1.54, 1.807) is 6.07 Å². The summed E-state index contributed by atoms with van der Waals surface area (Å²) in [5.41, 5.74) is 6.84. The van der Waals surface area contributed by atoms with Crippen LogP contribution in [0.3, 0.4) is 0 Å². The van der Waals surface area contributed by atoms with E-state index in [9.17, 15) is 4.39 Å². The molecule has 98 valence electrons. The van der Waals surface area contributed by atoms with Crippen molar-refractivity contribution >= 4 is 17.6 Å². The zero-order valence-corrected chi connectivity index (χ0v) is 11.2. The summed E-state index contributed by atoms with van der Waals surface area (Å²) < 4.78 is 13.1. The van der Waals surface area contributed by atoms with Crippen molar-refractivity contribution in [2.45, 2.75) is 29.4 Å². The third-order valence-corrected chi connectivity index (χ3v) is 3.96. The SMILES string of the molecule is Nc1cc(C2CC2)nc(CSc2cccc(F)c2)n1. The Morgan fingerprint density at radius 1 is 1.26 bits per heavy atom. The van der Waals surface area contributed by atoms with Gasteiger partial charge in [-0.1, -0.05) is 6.07 Å². The molecule has 0 unspecified atom stereocenters. The minimum absolute atomic E-state index is 0.225. The van der Waals surface area contributed by atoms with Gasteiger partial charge in [-0.25, -0.2) is 14.4 Å². The van der Waals surface area contributed by atoms with Crippen molar-refractivity contribution in [1.29, 1.82) is 0 Å². The van der Waals surface area contributed by atoms with E-state index < -0.39 is 0 Å². The minimum atomic E-state index is -0.225. The fraction of sp³-hybridized carbons (Fsp3) is 0.286. The van der Waals surface area contributed by atoms with Crippen molar-refractivity contribution in [3.05, 3.63) is 47.7 Å². The topological polar surface area (TPSA) is 51.8 Å². The first-order valence-electron chi connectivity index (χ1n) is 6.22. The van der Waals surface area contributed by atoms with Crippen LogP contribution in [0.4, 0.5) is 10.2 Å². The number of hydrogen-bond acceptors (Lipinski definition) is 4. The molecule has 5 heteroatoms. The van der Waals surface area contributed by atoms with E-state index in [0.29, 0.717) is 17.5 Å². The number of nitrogens with two attached hydrogens (primary N) is 1. The van der Waals surface area contributed by atoms with Crippen LogP contribution in [0.15, 0.2) is 35.2 Å². The molecule has 0 bridgehead atoms. The molecule has 0 spiro atoms. The van der Waals surface area contributed by atoms with Crippen LogP contribution in [-0.4, -0.2) is 9.97 Å². The van der Waals surface area contributed by atoms with Crippen LogP contribution in [0.1, 0.15) is 30.3 Å². The standard InChI is InChI=1S/C14H14FN3S/c15-10-2-1-3-11(6-10)19-8-14-17-12(9-4-5-9)7-13(16)18-14/h1-3,6-7,9H,4-5,8H2,(H2,16,17,18). The lowest BCUT2D eigenvalue weighted by molar-refractivity contribution is 0.624. The van der Waals surface area contributed by atoms with Gasteiger partial charge in [-0.2, -0.15) is 0 Å². The molecule has 0 aliphatic heterocycles. The zero-order valence-electron chi connectivity index (χ0n) is 10.3. The molecule has 0 radical (unpaired) electrons. The molecule has 1 fully saturated rings. The molecule has 1 aromatic heterocycles. The molecule has 2 aromatic rings. The number of benzene rings is 1. The van der Waals surface area contributed by atoms with Crippen molar-refractivity contribution in [3.8, 4) is 0 Å². The number of nitrogen functional groups attached to an aromatic ring is 1. The maximum atomic E-state index is 13.1. The van der Waals surface area contributed by atoms with Crippen LogP contribution in [-0.2, 0) is 5.75 Å². The summed E-state index contributed by atoms with van der Waals surface area (Å²) in [6.07, 6.45) is 2.37. The molecule has 1 saturated carbocycles. The van der Waals surface area contributed by atoms with E-state index in [0.717, 1.165) is 16.4 Å². The molecule has 3 nitrogen and oxygen atoms in total. The third-order valence-electron chi connectivity index (χ3n) is 2.97. The second kappa shape index (κ2) is 5.17. The second-order valence-electron chi connectivity index (χ2n) is 4.65. The number of halogens is 1. The Balaban J connectivity index is 1.72. The molecule has 1 aromatic carbocycles. The van der Waals surface area contributed by atoms with Gasteiger partial charge in [0, 0.05) is 22.6 Å². The molecule has 1 aliphatic rings. The summed E-state index contributed by atoms with van der Waals surface area (Å²) >= 11 is 1.52. The summed E-state index contributed by atoms with van der Waals surface area (Å²) in [6.45, 7) is 0. The fourth-order valence-corrected chi connectivity index (χ4v) is 2.69. The van der Waals surface area contributed by atoms with Gasteiger partial charge in [0.05, 0.1) is 5.75 Å². The van der Waals surface area contributed by atoms with Crippen molar-refractivity contribution in [2.24, 2.45) is 0 Å². The van der Waals surface area contributed by atoms with E-state index >= 15 is 0 Å². The number of thioether (sulfide) groups is 1. The van der Waals surface area contributed by atoms with Gasteiger partial charge < -0.3 is 5.73 Å². The predicted molar refractivity (Wildman–Crippen MR) is 74.4 cm³/mol. The summed E-state index contributed by atoms with van der Waals surface area (Å²) in [6, 6.07) is 8.38. The van der Waals surface area contributed by atoms with Crippen LogP contribution in [0.5, 0.6) is 0 Å². The summed E-state index contributed by atoms with van der Waals surface area (Å²) in [4.78, 5) is 9.64. The molecule has 0 atom stereocenters. The first-order valence-corrected chi connectivity index (χ1v) is 7.21. The maximum absolute atomic E-state index is 13.1. The Morgan fingerprint density at radius 2 is 2.11 bits per heavy atom. The van der Waals surface area contributed by atoms with Crippen LogP contribution in [0, 0.1) is 5.82 Å². The predicted octanol–water partition coefficient (Wildman–Crippen LogP) is 3.37. The average molecular weight is 275 g/mol. The molecular weight excluding hydrogens is 261 g/mol. The highest BCUT2D eigenvalue weighted by Gasteiger charge is 2.25. The van der Waals surface area contributed by atoms with Crippen LogP contribution >= 0.6 is 11.8 Å². The van der Waals surface area contributed by atoms with Gasteiger partial charge in [0.2, 0.25) is 0 Å². The van der Waals surface area contributed by atoms with Crippen molar-refractivity contribution in [3.63, 3.8) is 0 Å². The number of aromatic nitrogens is 2. The lowest BCUT2D eigenvalue weighted by atomic mass is 10.3. The van der Waals surface area contributed by atoms with E-state index in [4.69, 9.17) is 5.73 Å². The Bertz CT molecular complexity index is 599. The molecule has 1 aliphatic carbocycles. The van der Waals surface area contributed by atoms with Gasteiger partial charge in [-0.15, -0.1) is 11.8 Å². The Labute approximate surface area is 115 Å². The summed E-state index contributed by atoms with van der Waals surface area (Å²) in [5, 5.41) is 0. The number of anilines is 1. The monoisotopic (exact) mass is 275 g/mol. The van der Waals surface area contributed by atoms with Crippen molar-refractivity contribution < 1.29 is 4.39 Å². The number of nitrogens with zero attached hydrogens (tertiary/aromatic N) is 2. The number of hydrogen-bond donors (Lipinski definition) is 1. The van der Waals surface area contributed by atoms with Crippen LogP contribution in [0.25, 0.3) is 0 Å². The molecule has 19 heavy (non-hydrogen) atoms. The quantitative estimate of drug-likeness (QED) is 0.869. The molecule has 0 saturated heterocycles. The molecule has 2 N–H and O–H groups in total. The second-order valence-corrected chi connectivity index (χ2v) is 5.70. The molecular formula is C14H14FN3S. The molecule has 1 heterocycles. The van der Waals surface area contributed by atoms with Crippen molar-refractivity contribution in [2.75, 3.05) is 5.73 Å². The summed E-state index contributed by atoms with van der Waals surface area (Å²) in [7, 11) is 0. The van der Waals surface area contributed by atoms with Crippen LogP contribution < -0.4 is 5.73 Å². The van der Waals surface area contributed by atoms with Crippen LogP contribution in [0.2, 0.25) is 0 Å². The Hall–Kier alpha value is -1.62. The van der Waals surface area contributed by atoms with E-state index in [1.165, 1.54) is 36.7 Å². The lowest BCUT2D eigenvalue weighted by Gasteiger charge is -2.05. The normalized spacial score (nSPS) is 14.6. The first kappa shape index (κ1) is 12.4. The lowest BCUT2D eigenvalue weighted by Crippen LogP contribution is -2.01. The summed E-state index contributed by atoms with van der Waals surface area (Å²) in [5.74, 6) is 2.18. The highest BCUT2D eigenvalue weighted by Crippen LogP contribution is 2.39. The Morgan fingerprint density at radius 3 is 2.84 bits per heavy atom. The van der Waals surface area contributed by atoms with Crippen molar-refractivity contribution in [1.82, 2.24) is 9.97 Å². The van der Waals surface area contributed by atoms with E-state index in [2.05, 4.69) is 9.97 Å². The Kier molecular flexibility index (Phi) is 3.38. The van der Waals surface area contributed by atoms with E-state index in [-0.39, 0.29) is 5.82 Å². The van der Waals surface area contributed by atoms with Gasteiger partial charge in [-0.05, 0) is 31.0 Å². The van der Waals surface area contributed by atoms with Gasteiger partial charge in [-0.3, -0.25) is 0 Å². The molecule has 3 rings (SSSR count). The maximum Gasteiger partial charge on any atom is 0.141 e. The largest absolute Gasteiger partial charge is 0.384 e. The van der Waals surface area contributed by atoms with Gasteiger partial charge in [0.1, 0.15) is 17.5 Å². The molecule has 0 amide bonds. The fourth-order valence-electron chi connectivity index (χ4n) is 1.90. The zero-order chi connectivity index (χ0) is 13.2. The van der Waals surface area contributed by atoms with Gasteiger partial charge >= 0.3 is 0 Å².